The Hall–Kier alpha value is -2.33. The summed E-state index contributed by atoms with van der Waals surface area (Å²) >= 11 is 6.02. The number of carbonyl (C=O) groups excluding carboxylic acids is 2. The molecule has 0 fully saturated rings. The highest BCUT2D eigenvalue weighted by Gasteiger charge is 2.44. The molecule has 1 atom stereocenters. The zero-order valence-corrected chi connectivity index (χ0v) is 18.1. The Morgan fingerprint density at radius 3 is 2.55 bits per heavy atom. The molecule has 154 valence electrons. The average molecular weight is 413 g/mol. The van der Waals surface area contributed by atoms with Gasteiger partial charge in [0, 0.05) is 23.7 Å². The summed E-state index contributed by atoms with van der Waals surface area (Å²) < 4.78 is 0. The summed E-state index contributed by atoms with van der Waals surface area (Å²) in [4.78, 5) is 28.5. The Bertz CT molecular complexity index is 879. The maximum atomic E-state index is 13.5. The smallest absolute Gasteiger partial charge is 0.255 e. The van der Waals surface area contributed by atoms with Gasteiger partial charge in [-0.15, -0.1) is 0 Å². The van der Waals surface area contributed by atoms with E-state index in [-0.39, 0.29) is 11.8 Å². The van der Waals surface area contributed by atoms with Crippen molar-refractivity contribution in [2.45, 2.75) is 52.1 Å². The topological polar surface area (TPSA) is 49.4 Å². The molecule has 0 bridgehead atoms. The van der Waals surface area contributed by atoms with E-state index in [1.807, 2.05) is 55.5 Å². The molecule has 2 aromatic rings. The highest BCUT2D eigenvalue weighted by Crippen LogP contribution is 2.32. The molecule has 2 aromatic carbocycles. The molecule has 1 N–H and O–H groups in total. The summed E-state index contributed by atoms with van der Waals surface area (Å²) in [6.45, 7) is 7.12. The lowest BCUT2D eigenvalue weighted by Crippen LogP contribution is -2.58. The van der Waals surface area contributed by atoms with Gasteiger partial charge in [-0.2, -0.15) is 0 Å². The molecule has 4 nitrogen and oxygen atoms in total. The SMILES string of the molecule is CC(C)CCNC(=O)[C@]1(C)CCc2ccccc2C(=O)N1Cc1ccc(Cl)cc1. The number of fused-ring (bicyclic) bond motifs is 1. The molecule has 0 aliphatic carbocycles. The van der Waals surface area contributed by atoms with Gasteiger partial charge in [-0.3, -0.25) is 9.59 Å². The largest absolute Gasteiger partial charge is 0.354 e. The molecule has 3 rings (SSSR count). The fraction of sp³-hybridized carbons (Fsp3) is 0.417. The number of aryl methyl sites for hydroxylation is 1. The van der Waals surface area contributed by atoms with E-state index in [0.29, 0.717) is 42.4 Å². The summed E-state index contributed by atoms with van der Waals surface area (Å²) in [5, 5.41) is 3.72. The Morgan fingerprint density at radius 1 is 1.17 bits per heavy atom. The normalized spacial score (nSPS) is 19.1. The number of rotatable bonds is 6. The van der Waals surface area contributed by atoms with E-state index in [1.165, 1.54) is 0 Å². The second kappa shape index (κ2) is 9.00. The number of nitrogens with zero attached hydrogens (tertiary/aromatic N) is 1. The number of halogens is 1. The van der Waals surface area contributed by atoms with Crippen LogP contribution in [-0.4, -0.2) is 28.8 Å². The highest BCUT2D eigenvalue weighted by molar-refractivity contribution is 6.30. The number of carbonyl (C=O) groups is 2. The van der Waals surface area contributed by atoms with Crippen molar-refractivity contribution in [2.24, 2.45) is 5.92 Å². The number of hydrogen-bond acceptors (Lipinski definition) is 2. The van der Waals surface area contributed by atoms with Crippen LogP contribution in [0.15, 0.2) is 48.5 Å². The first kappa shape index (κ1) is 21.4. The predicted molar refractivity (Wildman–Crippen MR) is 117 cm³/mol. The van der Waals surface area contributed by atoms with Gasteiger partial charge in [0.25, 0.3) is 5.91 Å². The van der Waals surface area contributed by atoms with Crippen molar-refractivity contribution in [3.63, 3.8) is 0 Å². The van der Waals surface area contributed by atoms with Crippen molar-refractivity contribution in [1.82, 2.24) is 10.2 Å². The van der Waals surface area contributed by atoms with Gasteiger partial charge in [0.05, 0.1) is 0 Å². The summed E-state index contributed by atoms with van der Waals surface area (Å²) in [5.74, 6) is 0.316. The Morgan fingerprint density at radius 2 is 1.86 bits per heavy atom. The van der Waals surface area contributed by atoms with Crippen molar-refractivity contribution in [1.29, 1.82) is 0 Å². The first-order valence-corrected chi connectivity index (χ1v) is 10.6. The van der Waals surface area contributed by atoms with Gasteiger partial charge in [0.1, 0.15) is 5.54 Å². The van der Waals surface area contributed by atoms with Gasteiger partial charge in [0.15, 0.2) is 0 Å². The first-order valence-electron chi connectivity index (χ1n) is 10.2. The van der Waals surface area contributed by atoms with E-state index in [1.54, 1.807) is 4.90 Å². The van der Waals surface area contributed by atoms with Crippen molar-refractivity contribution in [2.75, 3.05) is 6.54 Å². The molecule has 5 heteroatoms. The maximum absolute atomic E-state index is 13.5. The van der Waals surface area contributed by atoms with Gasteiger partial charge < -0.3 is 10.2 Å². The standard InChI is InChI=1S/C24H29ClN2O2/c1-17(2)13-15-26-23(29)24(3)14-12-19-6-4-5-7-21(19)22(28)27(24)16-18-8-10-20(25)11-9-18/h4-11,17H,12-16H2,1-3H3,(H,26,29)/t24-/m0/s1. The minimum Gasteiger partial charge on any atom is -0.354 e. The molecule has 2 amide bonds. The van der Waals surface area contributed by atoms with Gasteiger partial charge in [-0.25, -0.2) is 0 Å². The maximum Gasteiger partial charge on any atom is 0.255 e. The van der Waals surface area contributed by atoms with Crippen LogP contribution >= 0.6 is 11.6 Å². The minimum atomic E-state index is -0.924. The molecule has 0 spiro atoms. The number of benzene rings is 2. The highest BCUT2D eigenvalue weighted by atomic mass is 35.5. The van der Waals surface area contributed by atoms with Crippen LogP contribution in [0.1, 0.15) is 55.1 Å². The van der Waals surface area contributed by atoms with Crippen molar-refractivity contribution in [3.05, 3.63) is 70.2 Å². The monoisotopic (exact) mass is 412 g/mol. The molecule has 1 aliphatic rings. The Kier molecular flexibility index (Phi) is 6.63. The van der Waals surface area contributed by atoms with Crippen molar-refractivity contribution < 1.29 is 9.59 Å². The van der Waals surface area contributed by atoms with Crippen LogP contribution in [0, 0.1) is 5.92 Å². The predicted octanol–water partition coefficient (Wildman–Crippen LogP) is 4.85. The number of amides is 2. The second-order valence-corrected chi connectivity index (χ2v) is 8.82. The van der Waals surface area contributed by atoms with Gasteiger partial charge >= 0.3 is 0 Å². The Balaban J connectivity index is 1.94. The van der Waals surface area contributed by atoms with Crippen LogP contribution in [0.2, 0.25) is 5.02 Å². The van der Waals surface area contributed by atoms with Crippen molar-refractivity contribution in [3.8, 4) is 0 Å². The molecular weight excluding hydrogens is 384 g/mol. The quantitative estimate of drug-likeness (QED) is 0.737. The lowest BCUT2D eigenvalue weighted by Gasteiger charge is -2.39. The lowest BCUT2D eigenvalue weighted by atomic mass is 9.91. The third kappa shape index (κ3) is 4.81. The van der Waals surface area contributed by atoms with Crippen LogP contribution in [0.5, 0.6) is 0 Å². The molecule has 29 heavy (non-hydrogen) atoms. The van der Waals surface area contributed by atoms with Gasteiger partial charge in [0.2, 0.25) is 5.91 Å². The Labute approximate surface area is 178 Å². The third-order valence-corrected chi connectivity index (χ3v) is 5.97. The fourth-order valence-electron chi connectivity index (χ4n) is 3.75. The second-order valence-electron chi connectivity index (χ2n) is 8.39. The van der Waals surface area contributed by atoms with E-state index in [9.17, 15) is 9.59 Å². The van der Waals surface area contributed by atoms with E-state index in [0.717, 1.165) is 17.5 Å². The molecule has 0 radical (unpaired) electrons. The summed E-state index contributed by atoms with van der Waals surface area (Å²) in [7, 11) is 0. The summed E-state index contributed by atoms with van der Waals surface area (Å²) in [6.07, 6.45) is 2.18. The van der Waals surface area contributed by atoms with Gasteiger partial charge in [-0.1, -0.05) is 55.8 Å². The van der Waals surface area contributed by atoms with Crippen LogP contribution in [-0.2, 0) is 17.8 Å². The van der Waals surface area contributed by atoms with Gasteiger partial charge in [-0.05, 0) is 61.4 Å². The fourth-order valence-corrected chi connectivity index (χ4v) is 3.88. The molecule has 0 unspecified atom stereocenters. The molecule has 0 saturated heterocycles. The average Bonchev–Trinajstić information content (AvgIpc) is 2.80. The molecule has 1 aliphatic heterocycles. The minimum absolute atomic E-state index is 0.0896. The molecule has 0 saturated carbocycles. The van der Waals surface area contributed by atoms with Crippen LogP contribution in [0.4, 0.5) is 0 Å². The zero-order chi connectivity index (χ0) is 21.0. The summed E-state index contributed by atoms with van der Waals surface area (Å²) in [5.41, 5.74) is 1.70. The summed E-state index contributed by atoms with van der Waals surface area (Å²) in [6, 6.07) is 15.1. The van der Waals surface area contributed by atoms with E-state index < -0.39 is 5.54 Å². The van der Waals surface area contributed by atoms with Crippen molar-refractivity contribution >= 4 is 23.4 Å². The number of hydrogen-bond donors (Lipinski definition) is 1. The molecule has 0 aromatic heterocycles. The lowest BCUT2D eigenvalue weighted by molar-refractivity contribution is -0.132. The van der Waals surface area contributed by atoms with Crippen LogP contribution in [0.25, 0.3) is 0 Å². The first-order chi connectivity index (χ1) is 13.8. The third-order valence-electron chi connectivity index (χ3n) is 5.72. The molecule has 1 heterocycles. The number of nitrogens with one attached hydrogen (secondary N) is 1. The van der Waals surface area contributed by atoms with E-state index >= 15 is 0 Å². The van der Waals surface area contributed by atoms with Crippen LogP contribution < -0.4 is 5.32 Å². The van der Waals surface area contributed by atoms with Crippen LogP contribution in [0.3, 0.4) is 0 Å². The van der Waals surface area contributed by atoms with E-state index in [4.69, 9.17) is 11.6 Å². The molecular formula is C24H29ClN2O2. The zero-order valence-electron chi connectivity index (χ0n) is 17.4. The van der Waals surface area contributed by atoms with E-state index in [2.05, 4.69) is 19.2 Å².